The predicted molar refractivity (Wildman–Crippen MR) is 127 cm³/mol. The highest BCUT2D eigenvalue weighted by molar-refractivity contribution is 7.98. The Balaban J connectivity index is 1.71. The first-order valence-corrected chi connectivity index (χ1v) is 11.6. The molecular formula is C24H23N3O2S2. The zero-order chi connectivity index (χ0) is 21.8. The molecule has 0 unspecified atom stereocenters. The number of thioether (sulfide) groups is 1. The van der Waals surface area contributed by atoms with Crippen LogP contribution in [-0.4, -0.2) is 29.2 Å². The second-order valence-electron chi connectivity index (χ2n) is 6.99. The van der Waals surface area contributed by atoms with Crippen LogP contribution in [0.15, 0.2) is 60.0 Å². The van der Waals surface area contributed by atoms with Crippen molar-refractivity contribution < 1.29 is 9.47 Å². The van der Waals surface area contributed by atoms with Crippen molar-refractivity contribution >= 4 is 23.1 Å². The number of aromatic nitrogens is 3. The average Bonchev–Trinajstić information content (AvgIpc) is 3.21. The maximum atomic E-state index is 5.50. The summed E-state index contributed by atoms with van der Waals surface area (Å²) in [5.74, 6) is 2.22. The molecule has 0 aliphatic heterocycles. The first-order chi connectivity index (χ1) is 15.1. The van der Waals surface area contributed by atoms with Crippen molar-refractivity contribution in [3.63, 3.8) is 0 Å². The number of thiophene rings is 1. The fraction of sp³-hybridized carbons (Fsp3) is 0.208. The smallest absolute Gasteiger partial charge is 0.188 e. The number of ether oxygens (including phenoxy) is 2. The van der Waals surface area contributed by atoms with Crippen molar-refractivity contribution in [1.82, 2.24) is 15.0 Å². The lowest BCUT2D eigenvalue weighted by Gasteiger charge is -2.08. The second-order valence-corrected chi connectivity index (χ2v) is 8.99. The Morgan fingerprint density at radius 1 is 0.839 bits per heavy atom. The summed E-state index contributed by atoms with van der Waals surface area (Å²) in [6, 6.07) is 14.4. The SMILES string of the molecule is COc1ccc(-c2cc(CSc3nc(C)cc(C)n3)c(-c3ccncc3)s2)cc1OC. The zero-order valence-corrected chi connectivity index (χ0v) is 19.5. The highest BCUT2D eigenvalue weighted by atomic mass is 32.2. The highest BCUT2D eigenvalue weighted by Crippen LogP contribution is 2.42. The van der Waals surface area contributed by atoms with E-state index < -0.39 is 0 Å². The van der Waals surface area contributed by atoms with Gasteiger partial charge in [-0.1, -0.05) is 11.8 Å². The molecule has 3 heterocycles. The molecule has 7 heteroatoms. The van der Waals surface area contributed by atoms with Crippen molar-refractivity contribution in [1.29, 1.82) is 0 Å². The molecule has 0 N–H and O–H groups in total. The van der Waals surface area contributed by atoms with Crippen LogP contribution in [0.25, 0.3) is 20.9 Å². The largest absolute Gasteiger partial charge is 0.493 e. The van der Waals surface area contributed by atoms with Crippen LogP contribution in [0.2, 0.25) is 0 Å². The first kappa shape index (κ1) is 21.3. The Labute approximate surface area is 190 Å². The van der Waals surface area contributed by atoms with E-state index in [-0.39, 0.29) is 0 Å². The van der Waals surface area contributed by atoms with Crippen LogP contribution in [0, 0.1) is 13.8 Å². The van der Waals surface area contributed by atoms with Gasteiger partial charge in [0.1, 0.15) is 0 Å². The summed E-state index contributed by atoms with van der Waals surface area (Å²) in [4.78, 5) is 15.7. The van der Waals surface area contributed by atoms with Crippen molar-refractivity contribution in [3.05, 3.63) is 71.8 Å². The second kappa shape index (κ2) is 9.49. The Bertz CT molecular complexity index is 1170. The van der Waals surface area contributed by atoms with Gasteiger partial charge in [0.2, 0.25) is 0 Å². The van der Waals surface area contributed by atoms with Crippen LogP contribution in [0.5, 0.6) is 11.5 Å². The van der Waals surface area contributed by atoms with Gasteiger partial charge in [-0.2, -0.15) is 0 Å². The van der Waals surface area contributed by atoms with Gasteiger partial charge in [0.15, 0.2) is 16.7 Å². The standard InChI is InChI=1S/C24H23N3O2S2/c1-15-11-16(2)27-24(26-15)30-14-19-13-22(31-23(19)17-7-9-25-10-8-17)18-5-6-20(28-3)21(12-18)29-4/h5-13H,14H2,1-4H3. The van der Waals surface area contributed by atoms with E-state index in [1.54, 1.807) is 37.3 Å². The number of hydrogen-bond donors (Lipinski definition) is 0. The molecule has 0 radical (unpaired) electrons. The molecule has 0 aliphatic carbocycles. The lowest BCUT2D eigenvalue weighted by Crippen LogP contribution is -1.93. The van der Waals surface area contributed by atoms with E-state index in [0.717, 1.165) is 44.9 Å². The lowest BCUT2D eigenvalue weighted by atomic mass is 10.1. The third-order valence-corrected chi connectivity index (χ3v) is 6.91. The van der Waals surface area contributed by atoms with E-state index in [1.165, 1.54) is 15.3 Å². The number of benzene rings is 1. The highest BCUT2D eigenvalue weighted by Gasteiger charge is 2.15. The summed E-state index contributed by atoms with van der Waals surface area (Å²) in [7, 11) is 3.30. The molecule has 31 heavy (non-hydrogen) atoms. The van der Waals surface area contributed by atoms with Gasteiger partial charge in [-0.05, 0) is 73.0 Å². The third kappa shape index (κ3) is 4.89. The topological polar surface area (TPSA) is 57.1 Å². The van der Waals surface area contributed by atoms with Crippen LogP contribution >= 0.6 is 23.1 Å². The van der Waals surface area contributed by atoms with Crippen LogP contribution in [0.3, 0.4) is 0 Å². The molecule has 0 spiro atoms. The van der Waals surface area contributed by atoms with Gasteiger partial charge in [-0.25, -0.2) is 9.97 Å². The molecule has 0 fully saturated rings. The minimum absolute atomic E-state index is 0.721. The number of hydrogen-bond acceptors (Lipinski definition) is 7. The van der Waals surface area contributed by atoms with Gasteiger partial charge >= 0.3 is 0 Å². The zero-order valence-electron chi connectivity index (χ0n) is 17.9. The Morgan fingerprint density at radius 2 is 1.55 bits per heavy atom. The normalized spacial score (nSPS) is 10.8. The van der Waals surface area contributed by atoms with Gasteiger partial charge in [-0.15, -0.1) is 11.3 Å². The monoisotopic (exact) mass is 449 g/mol. The molecule has 0 bridgehead atoms. The fourth-order valence-electron chi connectivity index (χ4n) is 3.32. The summed E-state index contributed by atoms with van der Waals surface area (Å²) in [6.45, 7) is 4.00. The minimum Gasteiger partial charge on any atom is -0.493 e. The van der Waals surface area contributed by atoms with Crippen LogP contribution in [-0.2, 0) is 5.75 Å². The lowest BCUT2D eigenvalue weighted by molar-refractivity contribution is 0.355. The molecule has 0 saturated carbocycles. The maximum absolute atomic E-state index is 5.50. The first-order valence-electron chi connectivity index (χ1n) is 9.78. The van der Waals surface area contributed by atoms with Gasteiger partial charge in [0, 0.05) is 39.3 Å². The summed E-state index contributed by atoms with van der Waals surface area (Å²) in [5, 5.41) is 0.803. The molecule has 4 rings (SSSR count). The fourth-order valence-corrected chi connectivity index (χ4v) is 5.52. The minimum atomic E-state index is 0.721. The molecule has 0 saturated heterocycles. The molecule has 3 aromatic heterocycles. The molecular weight excluding hydrogens is 426 g/mol. The third-order valence-electron chi connectivity index (χ3n) is 4.74. The molecule has 4 aromatic rings. The summed E-state index contributed by atoms with van der Waals surface area (Å²) in [6.07, 6.45) is 3.66. The van der Waals surface area contributed by atoms with E-state index in [0.29, 0.717) is 0 Å². The van der Waals surface area contributed by atoms with E-state index in [1.807, 2.05) is 56.6 Å². The summed E-state index contributed by atoms with van der Waals surface area (Å²) in [5.41, 5.74) is 5.47. The van der Waals surface area contributed by atoms with Gasteiger partial charge < -0.3 is 9.47 Å². The van der Waals surface area contributed by atoms with E-state index in [2.05, 4.69) is 27.1 Å². The van der Waals surface area contributed by atoms with Gasteiger partial charge in [-0.3, -0.25) is 4.98 Å². The van der Waals surface area contributed by atoms with Crippen molar-refractivity contribution in [2.75, 3.05) is 14.2 Å². The van der Waals surface area contributed by atoms with Crippen LogP contribution in [0.4, 0.5) is 0 Å². The molecule has 0 amide bonds. The summed E-state index contributed by atoms with van der Waals surface area (Å²) >= 11 is 3.42. The van der Waals surface area contributed by atoms with Crippen LogP contribution in [0.1, 0.15) is 17.0 Å². The Kier molecular flexibility index (Phi) is 6.53. The molecule has 0 atom stereocenters. The van der Waals surface area contributed by atoms with Gasteiger partial charge in [0.05, 0.1) is 14.2 Å². The number of pyridine rings is 1. The number of aryl methyl sites for hydroxylation is 2. The maximum Gasteiger partial charge on any atom is 0.188 e. The Hall–Kier alpha value is -2.90. The number of rotatable bonds is 7. The van der Waals surface area contributed by atoms with E-state index >= 15 is 0 Å². The van der Waals surface area contributed by atoms with Crippen molar-refractivity contribution in [2.45, 2.75) is 24.8 Å². The number of nitrogens with zero attached hydrogens (tertiary/aromatic N) is 3. The molecule has 158 valence electrons. The summed E-state index contributed by atoms with van der Waals surface area (Å²) < 4.78 is 10.9. The quantitative estimate of drug-likeness (QED) is 0.248. The van der Waals surface area contributed by atoms with E-state index in [4.69, 9.17) is 9.47 Å². The van der Waals surface area contributed by atoms with Gasteiger partial charge in [0.25, 0.3) is 0 Å². The Morgan fingerprint density at radius 3 is 2.23 bits per heavy atom. The predicted octanol–water partition coefficient (Wildman–Crippen LogP) is 6.19. The van der Waals surface area contributed by atoms with Crippen LogP contribution < -0.4 is 9.47 Å². The molecule has 5 nitrogen and oxygen atoms in total. The van der Waals surface area contributed by atoms with Crippen molar-refractivity contribution in [2.24, 2.45) is 0 Å². The van der Waals surface area contributed by atoms with E-state index in [9.17, 15) is 0 Å². The van der Waals surface area contributed by atoms with Crippen molar-refractivity contribution in [3.8, 4) is 32.4 Å². The molecule has 0 aliphatic rings. The number of methoxy groups -OCH3 is 2. The molecule has 1 aromatic carbocycles. The average molecular weight is 450 g/mol.